The predicted molar refractivity (Wildman–Crippen MR) is 60.3 cm³/mol. The van der Waals surface area contributed by atoms with Crippen molar-refractivity contribution in [3.8, 4) is 0 Å². The minimum atomic E-state index is -3.14. The molecule has 0 bridgehead atoms. The van der Waals surface area contributed by atoms with Gasteiger partial charge in [0.25, 0.3) is 0 Å². The Labute approximate surface area is 114 Å². The largest absolute Gasteiger partial charge is 0.468 e. The Kier molecular flexibility index (Phi) is 10.5. The molecule has 0 spiro atoms. The summed E-state index contributed by atoms with van der Waals surface area (Å²) in [5, 5.41) is 0. The molecular formula is C9H20NO5PV. The normalized spacial score (nSPS) is 11.5. The van der Waals surface area contributed by atoms with Gasteiger partial charge in [0.15, 0.2) is 0 Å². The van der Waals surface area contributed by atoms with E-state index in [4.69, 9.17) is 9.05 Å². The van der Waals surface area contributed by atoms with E-state index in [9.17, 15) is 9.36 Å². The Balaban J connectivity index is 0. The zero-order chi connectivity index (χ0) is 12.8. The summed E-state index contributed by atoms with van der Waals surface area (Å²) in [4.78, 5) is 12.8. The fourth-order valence-corrected chi connectivity index (χ4v) is 2.29. The summed E-state index contributed by atoms with van der Waals surface area (Å²) in [5.41, 5.74) is 0. The van der Waals surface area contributed by atoms with Gasteiger partial charge in [0.05, 0.1) is 13.7 Å². The third kappa shape index (κ3) is 7.24. The molecule has 101 valence electrons. The fourth-order valence-electron chi connectivity index (χ4n) is 1.04. The molecule has 17 heavy (non-hydrogen) atoms. The van der Waals surface area contributed by atoms with Crippen molar-refractivity contribution in [3.63, 3.8) is 0 Å². The second-order valence-electron chi connectivity index (χ2n) is 3.53. The number of esters is 1. The molecule has 0 saturated carbocycles. The van der Waals surface area contributed by atoms with Crippen LogP contribution in [0, 0.1) is 0 Å². The van der Waals surface area contributed by atoms with Crippen LogP contribution in [0.25, 0.3) is 0 Å². The number of ether oxygens (including phenoxy) is 1. The van der Waals surface area contributed by atoms with E-state index < -0.39 is 7.60 Å². The number of methoxy groups -OCH3 is 1. The molecule has 0 saturated heterocycles. The van der Waals surface area contributed by atoms with Crippen molar-refractivity contribution < 1.29 is 41.7 Å². The van der Waals surface area contributed by atoms with Crippen LogP contribution in [0.5, 0.6) is 0 Å². The second-order valence-corrected chi connectivity index (χ2v) is 5.77. The molecule has 0 atom stereocenters. The minimum absolute atomic E-state index is 0. The van der Waals surface area contributed by atoms with Crippen molar-refractivity contribution in [2.45, 2.75) is 19.9 Å². The van der Waals surface area contributed by atoms with Crippen LogP contribution in [-0.4, -0.2) is 51.1 Å². The molecule has 0 aromatic heterocycles. The molecule has 0 heterocycles. The average Bonchev–Trinajstić information content (AvgIpc) is 2.27. The first-order valence-electron chi connectivity index (χ1n) is 4.90. The Morgan fingerprint density at radius 1 is 1.24 bits per heavy atom. The molecule has 8 heteroatoms. The van der Waals surface area contributed by atoms with Crippen molar-refractivity contribution in [3.05, 3.63) is 0 Å². The van der Waals surface area contributed by atoms with Gasteiger partial charge in [0, 0.05) is 38.8 Å². The molecule has 6 nitrogen and oxygen atoms in total. The van der Waals surface area contributed by atoms with E-state index in [2.05, 4.69) is 4.74 Å². The summed E-state index contributed by atoms with van der Waals surface area (Å²) in [6, 6.07) is 0.0396. The van der Waals surface area contributed by atoms with Crippen molar-refractivity contribution in [1.82, 2.24) is 4.90 Å². The Bertz CT molecular complexity index is 266. The maximum atomic E-state index is 11.9. The molecule has 0 amide bonds. The van der Waals surface area contributed by atoms with Crippen LogP contribution in [0.3, 0.4) is 0 Å². The van der Waals surface area contributed by atoms with Crippen molar-refractivity contribution in [2.24, 2.45) is 0 Å². The summed E-state index contributed by atoms with van der Waals surface area (Å²) < 4.78 is 26.1. The number of nitrogens with zero attached hydrogens (tertiary/aromatic N) is 1. The van der Waals surface area contributed by atoms with Crippen LogP contribution < -0.4 is 0 Å². The number of carbonyl (C=O) groups excluding carboxylic acids is 1. The first-order valence-corrected chi connectivity index (χ1v) is 6.62. The van der Waals surface area contributed by atoms with Gasteiger partial charge in [-0.2, -0.15) is 0 Å². The van der Waals surface area contributed by atoms with Gasteiger partial charge in [-0.3, -0.25) is 14.3 Å². The zero-order valence-corrected chi connectivity index (χ0v) is 13.2. The van der Waals surface area contributed by atoms with Crippen molar-refractivity contribution >= 4 is 13.6 Å². The van der Waals surface area contributed by atoms with Crippen LogP contribution in [0.15, 0.2) is 0 Å². The predicted octanol–water partition coefficient (Wildman–Crippen LogP) is 1.31. The van der Waals surface area contributed by atoms with Gasteiger partial charge >= 0.3 is 13.6 Å². The van der Waals surface area contributed by atoms with Gasteiger partial charge in [-0.25, -0.2) is 0 Å². The number of hydrogen-bond donors (Lipinski definition) is 0. The van der Waals surface area contributed by atoms with E-state index in [1.54, 1.807) is 4.90 Å². The Morgan fingerprint density at radius 2 is 1.71 bits per heavy atom. The first kappa shape index (κ1) is 19.5. The van der Waals surface area contributed by atoms with Gasteiger partial charge in [-0.05, 0) is 13.8 Å². The molecule has 0 aliphatic carbocycles. The molecule has 1 radical (unpaired) electrons. The minimum Gasteiger partial charge on any atom is -0.468 e. The summed E-state index contributed by atoms with van der Waals surface area (Å²) in [6.07, 6.45) is 0.0623. The van der Waals surface area contributed by atoms with E-state index >= 15 is 0 Å². The maximum Gasteiger partial charge on any atom is 0.344 e. The number of rotatable bonds is 7. The maximum absolute atomic E-state index is 11.9. The van der Waals surface area contributed by atoms with Crippen LogP contribution in [-0.2, 0) is 41.7 Å². The average molecular weight is 304 g/mol. The quantitative estimate of drug-likeness (QED) is 0.522. The third-order valence-corrected chi connectivity index (χ3v) is 4.02. The molecule has 0 unspecified atom stereocenters. The van der Waals surface area contributed by atoms with Gasteiger partial charge in [-0.1, -0.05) is 0 Å². The van der Waals surface area contributed by atoms with E-state index in [0.717, 1.165) is 0 Å². The van der Waals surface area contributed by atoms with Crippen LogP contribution in [0.2, 0.25) is 0 Å². The SMILES string of the molecule is COC(=O)CN(CP(=O)(OC)OC)C(C)C.[V]. The topological polar surface area (TPSA) is 65.1 Å². The van der Waals surface area contributed by atoms with E-state index in [0.29, 0.717) is 0 Å². The Hall–Kier alpha value is 0.164. The molecule has 0 fully saturated rings. The summed E-state index contributed by atoms with van der Waals surface area (Å²) in [6.45, 7) is 3.84. The molecule has 0 aromatic rings. The number of carbonyl (C=O) groups is 1. The summed E-state index contributed by atoms with van der Waals surface area (Å²) in [7, 11) is 0.814. The summed E-state index contributed by atoms with van der Waals surface area (Å²) in [5.74, 6) is -0.382. The van der Waals surface area contributed by atoms with Gasteiger partial charge in [0.2, 0.25) is 0 Å². The smallest absolute Gasteiger partial charge is 0.344 e. The molecule has 0 aliphatic rings. The van der Waals surface area contributed by atoms with Crippen LogP contribution in [0.4, 0.5) is 0 Å². The van der Waals surface area contributed by atoms with E-state index in [1.165, 1.54) is 21.3 Å². The molecule has 0 aliphatic heterocycles. The third-order valence-electron chi connectivity index (χ3n) is 2.20. The zero-order valence-electron chi connectivity index (χ0n) is 10.9. The van der Waals surface area contributed by atoms with Gasteiger partial charge < -0.3 is 13.8 Å². The summed E-state index contributed by atoms with van der Waals surface area (Å²) >= 11 is 0. The van der Waals surface area contributed by atoms with Crippen molar-refractivity contribution in [1.29, 1.82) is 0 Å². The number of hydrogen-bond acceptors (Lipinski definition) is 6. The van der Waals surface area contributed by atoms with Crippen LogP contribution in [0.1, 0.15) is 13.8 Å². The first-order chi connectivity index (χ1) is 7.38. The van der Waals surface area contributed by atoms with E-state index in [-0.39, 0.29) is 43.4 Å². The monoisotopic (exact) mass is 304 g/mol. The molecule has 0 rings (SSSR count). The second kappa shape index (κ2) is 9.14. The molecule has 0 aromatic carbocycles. The van der Waals surface area contributed by atoms with Gasteiger partial charge in [0.1, 0.15) is 6.29 Å². The molecular weight excluding hydrogens is 284 g/mol. The van der Waals surface area contributed by atoms with Crippen LogP contribution >= 0.6 is 7.60 Å². The fraction of sp³-hybridized carbons (Fsp3) is 0.889. The van der Waals surface area contributed by atoms with Crippen molar-refractivity contribution in [2.75, 3.05) is 34.2 Å². The Morgan fingerprint density at radius 3 is 2.00 bits per heavy atom. The standard InChI is InChI=1S/C9H20NO5P.V/c1-8(2)10(6-9(11)13-3)7-16(12,14-4)15-5;/h8H,6-7H2,1-5H3;. The van der Waals surface area contributed by atoms with Gasteiger partial charge in [-0.15, -0.1) is 0 Å². The van der Waals surface area contributed by atoms with E-state index in [1.807, 2.05) is 13.8 Å². The molecule has 0 N–H and O–H groups in total.